The molecule has 124 valence electrons. The van der Waals surface area contributed by atoms with E-state index in [0.717, 1.165) is 13.0 Å². The van der Waals surface area contributed by atoms with Gasteiger partial charge in [0.2, 0.25) is 0 Å². The Morgan fingerprint density at radius 2 is 2.17 bits per heavy atom. The molecule has 0 aromatic heterocycles. The van der Waals surface area contributed by atoms with Gasteiger partial charge in [0.1, 0.15) is 0 Å². The van der Waals surface area contributed by atoms with E-state index in [1.54, 1.807) is 6.20 Å². The lowest BCUT2D eigenvalue weighted by Gasteiger charge is -2.26. The van der Waals surface area contributed by atoms with Crippen molar-refractivity contribution >= 4 is 6.72 Å². The highest BCUT2D eigenvalue weighted by atomic mass is 14.9. The van der Waals surface area contributed by atoms with Crippen LogP contribution >= 0.6 is 0 Å². The summed E-state index contributed by atoms with van der Waals surface area (Å²) < 4.78 is 0. The Kier molecular flexibility index (Phi) is 5.59. The zero-order valence-corrected chi connectivity index (χ0v) is 15.2. The van der Waals surface area contributed by atoms with Gasteiger partial charge in [0, 0.05) is 18.8 Å². The fourth-order valence-corrected chi connectivity index (χ4v) is 3.27. The Morgan fingerprint density at radius 3 is 2.83 bits per heavy atom. The maximum Gasteiger partial charge on any atom is 0.0349 e. The maximum atomic E-state index is 3.75. The zero-order valence-electron chi connectivity index (χ0n) is 15.2. The van der Waals surface area contributed by atoms with E-state index < -0.39 is 0 Å². The van der Waals surface area contributed by atoms with E-state index in [1.165, 1.54) is 22.3 Å². The Bertz CT molecular complexity index is 621. The summed E-state index contributed by atoms with van der Waals surface area (Å²) in [6, 6.07) is 7.52. The molecule has 0 amide bonds. The van der Waals surface area contributed by atoms with Crippen LogP contribution in [0.3, 0.4) is 0 Å². The molecule has 1 aliphatic rings. The molecule has 0 saturated heterocycles. The van der Waals surface area contributed by atoms with Crippen LogP contribution in [0.15, 0.2) is 47.1 Å². The molecule has 2 nitrogen and oxygen atoms in total. The second kappa shape index (κ2) is 7.27. The minimum atomic E-state index is 0.128. The van der Waals surface area contributed by atoms with Gasteiger partial charge in [0.15, 0.2) is 0 Å². The van der Waals surface area contributed by atoms with Crippen LogP contribution in [0.1, 0.15) is 57.4 Å². The standard InChI is InChI=1S/C21H30N2/c1-15(2)20-19-10-9-17(12-18(19)14-23-20)13-21(4,5)16(3)8-7-11-22-6/h7-12,15,20,23H,6,13-14H2,1-5H3/b11-7-,16-8+. The van der Waals surface area contributed by atoms with E-state index in [1.807, 2.05) is 6.08 Å². The van der Waals surface area contributed by atoms with Gasteiger partial charge in [-0.3, -0.25) is 4.99 Å². The topological polar surface area (TPSA) is 24.4 Å². The summed E-state index contributed by atoms with van der Waals surface area (Å²) in [5.41, 5.74) is 5.85. The average Bonchev–Trinajstić information content (AvgIpc) is 2.90. The van der Waals surface area contributed by atoms with Gasteiger partial charge in [0.25, 0.3) is 0 Å². The molecule has 1 heterocycles. The van der Waals surface area contributed by atoms with Gasteiger partial charge < -0.3 is 5.32 Å². The molecule has 0 bridgehead atoms. The minimum absolute atomic E-state index is 0.128. The predicted molar refractivity (Wildman–Crippen MR) is 101 cm³/mol. The number of hydrogen-bond acceptors (Lipinski definition) is 2. The van der Waals surface area contributed by atoms with Crippen LogP contribution < -0.4 is 5.32 Å². The first-order chi connectivity index (χ1) is 10.8. The van der Waals surface area contributed by atoms with Crippen LogP contribution in [0, 0.1) is 11.3 Å². The highest BCUT2D eigenvalue weighted by Crippen LogP contribution is 2.34. The van der Waals surface area contributed by atoms with E-state index in [4.69, 9.17) is 0 Å². The molecule has 2 heteroatoms. The molecule has 0 radical (unpaired) electrons. The quantitative estimate of drug-likeness (QED) is 0.565. The molecule has 1 atom stereocenters. The summed E-state index contributed by atoms with van der Waals surface area (Å²) >= 11 is 0. The summed E-state index contributed by atoms with van der Waals surface area (Å²) in [5.74, 6) is 0.633. The lowest BCUT2D eigenvalue weighted by atomic mass is 9.78. The SMILES string of the molecule is C=N/C=C\C=C(/C)C(C)(C)Cc1ccc2c(c1)CNC2C(C)C. The van der Waals surface area contributed by atoms with Crippen LogP contribution in [0.5, 0.6) is 0 Å². The van der Waals surface area contributed by atoms with Gasteiger partial charge in [-0.1, -0.05) is 57.5 Å². The van der Waals surface area contributed by atoms with Crippen molar-refractivity contribution in [2.45, 2.75) is 53.6 Å². The molecule has 0 aliphatic carbocycles. The van der Waals surface area contributed by atoms with Crippen LogP contribution in [-0.4, -0.2) is 6.72 Å². The average molecular weight is 310 g/mol. The van der Waals surface area contributed by atoms with Crippen molar-refractivity contribution in [2.75, 3.05) is 0 Å². The third-order valence-corrected chi connectivity index (χ3v) is 4.97. The molecule has 1 aliphatic heterocycles. The molecule has 0 fully saturated rings. The van der Waals surface area contributed by atoms with Crippen molar-refractivity contribution in [3.63, 3.8) is 0 Å². The third-order valence-electron chi connectivity index (χ3n) is 4.97. The van der Waals surface area contributed by atoms with E-state index in [0.29, 0.717) is 12.0 Å². The number of aliphatic imine (C=N–C) groups is 1. The first-order valence-electron chi connectivity index (χ1n) is 8.50. The predicted octanol–water partition coefficient (Wildman–Crippen LogP) is 5.22. The summed E-state index contributed by atoms with van der Waals surface area (Å²) in [5, 5.41) is 3.63. The zero-order chi connectivity index (χ0) is 17.0. The fraction of sp³-hybridized carbons (Fsp3) is 0.476. The monoisotopic (exact) mass is 310 g/mol. The fourth-order valence-electron chi connectivity index (χ4n) is 3.27. The lowest BCUT2D eigenvalue weighted by molar-refractivity contribution is 0.441. The van der Waals surface area contributed by atoms with Crippen LogP contribution in [-0.2, 0) is 13.0 Å². The lowest BCUT2D eigenvalue weighted by Crippen LogP contribution is -2.17. The normalized spacial score (nSPS) is 18.7. The second-order valence-corrected chi connectivity index (χ2v) is 7.57. The highest BCUT2D eigenvalue weighted by Gasteiger charge is 2.26. The van der Waals surface area contributed by atoms with Crippen molar-refractivity contribution in [1.82, 2.24) is 5.32 Å². The number of hydrogen-bond donors (Lipinski definition) is 1. The van der Waals surface area contributed by atoms with E-state index in [2.05, 4.69) is 75.9 Å². The van der Waals surface area contributed by atoms with Crippen molar-refractivity contribution in [3.8, 4) is 0 Å². The number of nitrogens with zero attached hydrogens (tertiary/aromatic N) is 1. The Labute approximate surface area is 141 Å². The van der Waals surface area contributed by atoms with Crippen molar-refractivity contribution in [3.05, 3.63) is 58.8 Å². The largest absolute Gasteiger partial charge is 0.306 e. The van der Waals surface area contributed by atoms with Gasteiger partial charge in [-0.15, -0.1) is 0 Å². The van der Waals surface area contributed by atoms with Gasteiger partial charge in [0.05, 0.1) is 0 Å². The Hall–Kier alpha value is -1.67. The van der Waals surface area contributed by atoms with Crippen LogP contribution in [0.25, 0.3) is 0 Å². The van der Waals surface area contributed by atoms with Crippen molar-refractivity contribution < 1.29 is 0 Å². The molecular formula is C21H30N2. The van der Waals surface area contributed by atoms with Gasteiger partial charge in [-0.25, -0.2) is 0 Å². The first kappa shape index (κ1) is 17.7. The first-order valence-corrected chi connectivity index (χ1v) is 8.50. The number of nitrogens with one attached hydrogen (secondary N) is 1. The molecule has 1 N–H and O–H groups in total. The Morgan fingerprint density at radius 1 is 1.43 bits per heavy atom. The van der Waals surface area contributed by atoms with E-state index in [9.17, 15) is 0 Å². The molecule has 23 heavy (non-hydrogen) atoms. The number of benzene rings is 1. The second-order valence-electron chi connectivity index (χ2n) is 7.57. The molecule has 1 aromatic rings. The van der Waals surface area contributed by atoms with E-state index in [-0.39, 0.29) is 5.41 Å². The van der Waals surface area contributed by atoms with Crippen molar-refractivity contribution in [2.24, 2.45) is 16.3 Å². The molecule has 2 rings (SSSR count). The van der Waals surface area contributed by atoms with E-state index >= 15 is 0 Å². The smallest absolute Gasteiger partial charge is 0.0349 e. The minimum Gasteiger partial charge on any atom is -0.306 e. The van der Waals surface area contributed by atoms with Crippen LogP contribution in [0.2, 0.25) is 0 Å². The molecule has 0 spiro atoms. The summed E-state index contributed by atoms with van der Waals surface area (Å²) in [7, 11) is 0. The van der Waals surface area contributed by atoms with Crippen LogP contribution in [0.4, 0.5) is 0 Å². The molecule has 1 unspecified atom stereocenters. The number of allylic oxidation sites excluding steroid dienone is 3. The highest BCUT2D eigenvalue weighted by molar-refractivity contribution is 5.38. The summed E-state index contributed by atoms with van der Waals surface area (Å²) in [6.07, 6.45) is 6.87. The summed E-state index contributed by atoms with van der Waals surface area (Å²) in [6.45, 7) is 15.8. The molecule has 1 aromatic carbocycles. The molecule has 0 saturated carbocycles. The Balaban J connectivity index is 2.16. The van der Waals surface area contributed by atoms with Crippen molar-refractivity contribution in [1.29, 1.82) is 0 Å². The number of rotatable bonds is 6. The third kappa shape index (κ3) is 4.20. The summed E-state index contributed by atoms with van der Waals surface area (Å²) in [4.78, 5) is 3.75. The maximum absolute atomic E-state index is 3.75. The van der Waals surface area contributed by atoms with Gasteiger partial charge >= 0.3 is 0 Å². The number of fused-ring (bicyclic) bond motifs is 1. The van der Waals surface area contributed by atoms with Gasteiger partial charge in [-0.05, 0) is 54.2 Å². The molecular weight excluding hydrogens is 280 g/mol. The van der Waals surface area contributed by atoms with Gasteiger partial charge in [-0.2, -0.15) is 0 Å².